The summed E-state index contributed by atoms with van der Waals surface area (Å²) in [6, 6.07) is 12.2. The first-order valence-corrected chi connectivity index (χ1v) is 11.5. The first kappa shape index (κ1) is 24.3. The van der Waals surface area contributed by atoms with Crippen LogP contribution in [0.15, 0.2) is 55.2 Å². The predicted molar refractivity (Wildman–Crippen MR) is 134 cm³/mol. The highest BCUT2D eigenvalue weighted by molar-refractivity contribution is 5.78. The van der Waals surface area contributed by atoms with Crippen LogP contribution in [0.2, 0.25) is 0 Å². The van der Waals surface area contributed by atoms with Crippen molar-refractivity contribution < 1.29 is 23.0 Å². The van der Waals surface area contributed by atoms with Crippen molar-refractivity contribution in [1.29, 1.82) is 0 Å². The van der Waals surface area contributed by atoms with E-state index in [9.17, 15) is 18.3 Å². The molecule has 2 unspecified atom stereocenters. The first-order valence-electron chi connectivity index (χ1n) is 11.5. The smallest absolute Gasteiger partial charge is 0.229 e. The zero-order valence-corrected chi connectivity index (χ0v) is 19.6. The van der Waals surface area contributed by atoms with E-state index < -0.39 is 18.5 Å². The van der Waals surface area contributed by atoms with Gasteiger partial charge in [-0.15, -0.1) is 10.2 Å². The lowest BCUT2D eigenvalue weighted by Crippen LogP contribution is -2.40. The Labute approximate surface area is 210 Å². The van der Waals surface area contributed by atoms with Crippen LogP contribution in [0.3, 0.4) is 0 Å². The minimum atomic E-state index is -1.75. The average Bonchev–Trinajstić information content (AvgIpc) is 3.33. The van der Waals surface area contributed by atoms with E-state index in [-0.39, 0.29) is 12.1 Å². The lowest BCUT2D eigenvalue weighted by Gasteiger charge is -2.33. The molecule has 37 heavy (non-hydrogen) atoms. The van der Waals surface area contributed by atoms with Gasteiger partial charge in [-0.3, -0.25) is 0 Å². The van der Waals surface area contributed by atoms with Crippen LogP contribution in [-0.4, -0.2) is 57.4 Å². The molecular formula is C26H23F3N6O2. The van der Waals surface area contributed by atoms with E-state index in [1.54, 1.807) is 18.3 Å². The molecule has 6 rings (SSSR count). The number of rotatable bonds is 4. The van der Waals surface area contributed by atoms with Gasteiger partial charge < -0.3 is 20.1 Å². The number of aromatic nitrogens is 4. The molecular weight excluding hydrogens is 485 g/mol. The summed E-state index contributed by atoms with van der Waals surface area (Å²) in [5, 5.41) is 22.9. The van der Waals surface area contributed by atoms with Crippen molar-refractivity contribution in [2.75, 3.05) is 30.2 Å². The van der Waals surface area contributed by atoms with Crippen LogP contribution in [-0.2, 0) is 0 Å². The number of anilines is 2. The minimum absolute atomic E-state index is 0.0747. The summed E-state index contributed by atoms with van der Waals surface area (Å²) in [6.45, 7) is 3.38. The maximum atomic E-state index is 13.9. The number of ether oxygens (including phenoxy) is 1. The number of para-hydroxylation sites is 1. The summed E-state index contributed by atoms with van der Waals surface area (Å²) in [5.74, 6) is 0.0573. The highest BCUT2D eigenvalue weighted by atomic mass is 19.3. The zero-order valence-electron chi connectivity index (χ0n) is 19.6. The fourth-order valence-corrected chi connectivity index (χ4v) is 4.60. The van der Waals surface area contributed by atoms with E-state index in [1.165, 1.54) is 12.1 Å². The molecule has 1 fully saturated rings. The molecule has 3 aromatic heterocycles. The quantitative estimate of drug-likeness (QED) is 0.402. The van der Waals surface area contributed by atoms with Crippen molar-refractivity contribution in [3.63, 3.8) is 0 Å². The third-order valence-electron chi connectivity index (χ3n) is 6.29. The van der Waals surface area contributed by atoms with Gasteiger partial charge in [0, 0.05) is 36.2 Å². The molecule has 0 spiro atoms. The number of halogens is 3. The molecule has 8 nitrogen and oxygen atoms in total. The Bertz CT molecular complexity index is 1450. The third kappa shape index (κ3) is 4.84. The van der Waals surface area contributed by atoms with E-state index in [4.69, 9.17) is 4.74 Å². The number of hydrogen-bond acceptors (Lipinski definition) is 8. The number of phenolic OH excluding ortho intramolecular Hbond substituents is 1. The molecule has 2 N–H and O–H groups in total. The lowest BCUT2D eigenvalue weighted by molar-refractivity contribution is 0.213. The number of alkyl halides is 2. The SMILES string of the molecule is C=Cc1cnc2nc(OC3CC4CNc5nnc(-c6cccc(F)c6O)cc5N4C3)ccc2c1.FCF. The van der Waals surface area contributed by atoms with Gasteiger partial charge in [-0.25, -0.2) is 18.2 Å². The number of pyridine rings is 2. The van der Waals surface area contributed by atoms with Gasteiger partial charge in [-0.05, 0) is 35.9 Å². The largest absolute Gasteiger partial charge is 0.504 e. The van der Waals surface area contributed by atoms with Gasteiger partial charge in [0.05, 0.1) is 24.0 Å². The van der Waals surface area contributed by atoms with Gasteiger partial charge in [-0.2, -0.15) is 4.98 Å². The monoisotopic (exact) mass is 508 g/mol. The molecule has 0 aliphatic carbocycles. The summed E-state index contributed by atoms with van der Waals surface area (Å²) >= 11 is 0. The van der Waals surface area contributed by atoms with Gasteiger partial charge >= 0.3 is 0 Å². The Hall–Kier alpha value is -4.41. The summed E-state index contributed by atoms with van der Waals surface area (Å²) in [6.07, 6.45) is 4.22. The summed E-state index contributed by atoms with van der Waals surface area (Å²) in [7, 11) is 0. The highest BCUT2D eigenvalue weighted by Crippen LogP contribution is 2.39. The van der Waals surface area contributed by atoms with Crippen LogP contribution in [0.1, 0.15) is 12.0 Å². The second kappa shape index (κ2) is 10.3. The summed E-state index contributed by atoms with van der Waals surface area (Å²) in [5.41, 5.74) is 3.12. The normalized spacial score (nSPS) is 17.8. The van der Waals surface area contributed by atoms with Crippen molar-refractivity contribution >= 4 is 28.6 Å². The Morgan fingerprint density at radius 2 is 2.03 bits per heavy atom. The molecule has 1 saturated heterocycles. The molecule has 2 aliphatic rings. The first-order chi connectivity index (χ1) is 18.0. The minimum Gasteiger partial charge on any atom is -0.504 e. The highest BCUT2D eigenvalue weighted by Gasteiger charge is 2.38. The maximum Gasteiger partial charge on any atom is 0.229 e. The second-order valence-electron chi connectivity index (χ2n) is 8.53. The van der Waals surface area contributed by atoms with Crippen LogP contribution >= 0.6 is 0 Å². The molecule has 2 atom stereocenters. The number of benzene rings is 1. The number of nitrogens with zero attached hydrogens (tertiary/aromatic N) is 5. The molecule has 190 valence electrons. The summed E-state index contributed by atoms with van der Waals surface area (Å²) < 4.78 is 39.3. The molecule has 1 aromatic carbocycles. The fraction of sp³-hybridized carbons (Fsp3) is 0.231. The Balaban J connectivity index is 0.000000892. The molecule has 0 amide bonds. The lowest BCUT2D eigenvalue weighted by atomic mass is 10.1. The van der Waals surface area contributed by atoms with Gasteiger partial charge in [-0.1, -0.05) is 18.7 Å². The van der Waals surface area contributed by atoms with Gasteiger partial charge in [0.1, 0.15) is 6.10 Å². The molecule has 4 aromatic rings. The number of phenols is 1. The van der Waals surface area contributed by atoms with E-state index in [0.29, 0.717) is 41.7 Å². The van der Waals surface area contributed by atoms with Crippen molar-refractivity contribution in [3.05, 3.63) is 66.6 Å². The molecule has 5 heterocycles. The number of fused-ring (bicyclic) bond motifs is 4. The summed E-state index contributed by atoms with van der Waals surface area (Å²) in [4.78, 5) is 11.2. The van der Waals surface area contributed by atoms with Gasteiger partial charge in [0.15, 0.2) is 23.0 Å². The molecule has 0 radical (unpaired) electrons. The number of hydrogen-bond donors (Lipinski definition) is 2. The molecule has 0 saturated carbocycles. The van der Waals surface area contributed by atoms with E-state index >= 15 is 0 Å². The maximum absolute atomic E-state index is 13.9. The van der Waals surface area contributed by atoms with E-state index in [1.807, 2.05) is 24.3 Å². The zero-order chi connectivity index (χ0) is 25.9. The Morgan fingerprint density at radius 3 is 2.84 bits per heavy atom. The number of nitrogens with one attached hydrogen (secondary N) is 1. The van der Waals surface area contributed by atoms with Gasteiger partial charge in [0.25, 0.3) is 0 Å². The van der Waals surface area contributed by atoms with Crippen LogP contribution in [0.5, 0.6) is 11.6 Å². The van der Waals surface area contributed by atoms with Crippen LogP contribution < -0.4 is 15.0 Å². The molecule has 0 bridgehead atoms. The van der Waals surface area contributed by atoms with Crippen molar-refractivity contribution in [3.8, 4) is 22.9 Å². The topological polar surface area (TPSA) is 96.3 Å². The third-order valence-corrected chi connectivity index (χ3v) is 6.29. The van der Waals surface area contributed by atoms with E-state index in [2.05, 4.69) is 37.0 Å². The Kier molecular flexibility index (Phi) is 6.76. The van der Waals surface area contributed by atoms with Crippen LogP contribution in [0, 0.1) is 5.82 Å². The van der Waals surface area contributed by atoms with Crippen molar-refractivity contribution in [2.24, 2.45) is 0 Å². The Morgan fingerprint density at radius 1 is 1.19 bits per heavy atom. The standard InChI is InChI=1S/C25H21FN6O2.CH2F2/c1-2-14-8-15-6-7-22(29-24(15)27-11-14)34-17-9-16-12-28-25-21(32(16)13-17)10-20(30-31-25)18-4-3-5-19(26)23(18)33;2-1-3/h2-8,10-11,16-17,33H,1,9,12-13H2,(H,28,31);1H2. The van der Waals surface area contributed by atoms with Crippen LogP contribution in [0.4, 0.5) is 24.7 Å². The van der Waals surface area contributed by atoms with E-state index in [0.717, 1.165) is 23.1 Å². The molecule has 11 heteroatoms. The average molecular weight is 509 g/mol. The van der Waals surface area contributed by atoms with Crippen LogP contribution in [0.25, 0.3) is 28.4 Å². The predicted octanol–water partition coefficient (Wildman–Crippen LogP) is 4.91. The van der Waals surface area contributed by atoms with Crippen molar-refractivity contribution in [2.45, 2.75) is 18.6 Å². The molecule has 2 aliphatic heterocycles. The van der Waals surface area contributed by atoms with Crippen molar-refractivity contribution in [1.82, 2.24) is 20.2 Å². The fourth-order valence-electron chi connectivity index (χ4n) is 4.60. The number of aromatic hydroxyl groups is 1. The van der Waals surface area contributed by atoms with Gasteiger partial charge in [0.2, 0.25) is 12.8 Å². The second-order valence-corrected chi connectivity index (χ2v) is 8.53.